The number of aryl methyl sites for hydroxylation is 1. The van der Waals surface area contributed by atoms with Gasteiger partial charge in [-0.3, -0.25) is 0 Å². The van der Waals surface area contributed by atoms with E-state index in [1.807, 2.05) is 31.2 Å². The quantitative estimate of drug-likeness (QED) is 0.448. The smallest absolute Gasteiger partial charge is 0.356 e. The third-order valence-corrected chi connectivity index (χ3v) is 4.98. The van der Waals surface area contributed by atoms with E-state index in [4.69, 9.17) is 16.3 Å². The van der Waals surface area contributed by atoms with E-state index in [1.54, 1.807) is 24.4 Å². The summed E-state index contributed by atoms with van der Waals surface area (Å²) in [6.45, 7) is 1.91. The Morgan fingerprint density at radius 3 is 2.71 bits per heavy atom. The van der Waals surface area contributed by atoms with Crippen LogP contribution in [0.15, 0.2) is 54.7 Å². The van der Waals surface area contributed by atoms with Gasteiger partial charge in [-0.1, -0.05) is 23.7 Å². The number of ether oxygens (including phenoxy) is 1. The molecule has 2 aromatic heterocycles. The second-order valence-electron chi connectivity index (χ2n) is 6.46. The average molecular weight is 395 g/mol. The van der Waals surface area contributed by atoms with Crippen LogP contribution in [-0.4, -0.2) is 23.0 Å². The normalized spacial score (nSPS) is 11.0. The second kappa shape index (κ2) is 7.09. The molecule has 2 aromatic carbocycles. The lowest BCUT2D eigenvalue weighted by atomic mass is 10.0. The Kier molecular flexibility index (Phi) is 4.61. The lowest BCUT2D eigenvalue weighted by molar-refractivity contribution is 0.0594. The number of aromatic nitrogens is 2. The van der Waals surface area contributed by atoms with Gasteiger partial charge in [0.1, 0.15) is 11.5 Å². The molecule has 0 aliphatic carbocycles. The van der Waals surface area contributed by atoms with Crippen LogP contribution >= 0.6 is 11.6 Å². The number of halogens is 2. The van der Waals surface area contributed by atoms with E-state index in [-0.39, 0.29) is 11.5 Å². The largest absolute Gasteiger partial charge is 0.464 e. The first-order valence-corrected chi connectivity index (χ1v) is 8.98. The van der Waals surface area contributed by atoms with Gasteiger partial charge in [-0.25, -0.2) is 14.2 Å². The fourth-order valence-corrected chi connectivity index (χ4v) is 3.53. The third kappa shape index (κ3) is 3.14. The molecule has 4 rings (SSSR count). The number of carbonyl (C=O) groups is 1. The predicted molar refractivity (Wildman–Crippen MR) is 108 cm³/mol. The number of nitrogens with zero attached hydrogens (tertiary/aromatic N) is 1. The number of hydrogen-bond acceptors (Lipinski definition) is 3. The van der Waals surface area contributed by atoms with Gasteiger partial charge in [0.2, 0.25) is 0 Å². The highest BCUT2D eigenvalue weighted by Crippen LogP contribution is 2.34. The number of esters is 1. The fraction of sp³-hybridized carbons (Fsp3) is 0.0909. The summed E-state index contributed by atoms with van der Waals surface area (Å²) in [4.78, 5) is 19.1. The van der Waals surface area contributed by atoms with Crippen LogP contribution in [-0.2, 0) is 4.74 Å². The van der Waals surface area contributed by atoms with Crippen molar-refractivity contribution in [2.75, 3.05) is 7.11 Å². The Hall–Kier alpha value is -3.18. The van der Waals surface area contributed by atoms with E-state index in [0.717, 1.165) is 27.6 Å². The predicted octanol–water partition coefficient (Wildman–Crippen LogP) is 5.78. The Bertz CT molecular complexity index is 1200. The van der Waals surface area contributed by atoms with Gasteiger partial charge in [-0.15, -0.1) is 0 Å². The lowest BCUT2D eigenvalue weighted by Gasteiger charge is -2.07. The molecular weight excluding hydrogens is 379 g/mol. The molecule has 0 amide bonds. The van der Waals surface area contributed by atoms with Crippen LogP contribution in [0.3, 0.4) is 0 Å². The van der Waals surface area contributed by atoms with Gasteiger partial charge in [0.25, 0.3) is 0 Å². The molecule has 4 aromatic rings. The molecule has 0 spiro atoms. The number of methoxy groups -OCH3 is 1. The molecule has 0 fully saturated rings. The fourth-order valence-electron chi connectivity index (χ4n) is 3.26. The molecule has 0 unspecified atom stereocenters. The zero-order valence-electron chi connectivity index (χ0n) is 15.2. The van der Waals surface area contributed by atoms with Crippen molar-refractivity contribution in [2.24, 2.45) is 0 Å². The van der Waals surface area contributed by atoms with Crippen LogP contribution in [0.2, 0.25) is 5.02 Å². The Morgan fingerprint density at radius 1 is 1.18 bits per heavy atom. The van der Waals surface area contributed by atoms with Gasteiger partial charge >= 0.3 is 5.97 Å². The van der Waals surface area contributed by atoms with Gasteiger partial charge < -0.3 is 9.72 Å². The number of rotatable bonds is 3. The Labute approximate surface area is 165 Å². The van der Waals surface area contributed by atoms with Crippen LogP contribution in [0.5, 0.6) is 0 Å². The van der Waals surface area contributed by atoms with Crippen molar-refractivity contribution in [1.29, 1.82) is 0 Å². The van der Waals surface area contributed by atoms with Crippen LogP contribution in [0.1, 0.15) is 16.1 Å². The highest BCUT2D eigenvalue weighted by Gasteiger charge is 2.14. The van der Waals surface area contributed by atoms with Gasteiger partial charge in [0, 0.05) is 22.7 Å². The average Bonchev–Trinajstić information content (AvgIpc) is 3.09. The first-order valence-electron chi connectivity index (χ1n) is 8.60. The van der Waals surface area contributed by atoms with Gasteiger partial charge in [0.15, 0.2) is 0 Å². The molecule has 4 nitrogen and oxygen atoms in total. The number of carbonyl (C=O) groups excluding carboxylic acids is 1. The molecule has 0 aliphatic heterocycles. The number of nitrogens with one attached hydrogen (secondary N) is 1. The SMILES string of the molecule is COC(=O)c1cc(C)c(-c2ccc3[nH]c(-c4c(F)cccc4Cl)cc3c2)cn1. The summed E-state index contributed by atoms with van der Waals surface area (Å²) in [5.41, 5.74) is 4.86. The maximum absolute atomic E-state index is 14.2. The van der Waals surface area contributed by atoms with Crippen molar-refractivity contribution >= 4 is 28.5 Å². The first kappa shape index (κ1) is 18.2. The molecule has 0 atom stereocenters. The van der Waals surface area contributed by atoms with E-state index in [0.29, 0.717) is 16.3 Å². The van der Waals surface area contributed by atoms with Crippen molar-refractivity contribution < 1.29 is 13.9 Å². The van der Waals surface area contributed by atoms with E-state index in [1.165, 1.54) is 13.2 Å². The van der Waals surface area contributed by atoms with E-state index in [2.05, 4.69) is 9.97 Å². The maximum Gasteiger partial charge on any atom is 0.356 e. The monoisotopic (exact) mass is 394 g/mol. The van der Waals surface area contributed by atoms with E-state index < -0.39 is 5.97 Å². The molecular formula is C22H16ClFN2O2. The summed E-state index contributed by atoms with van der Waals surface area (Å²) in [5, 5.41) is 1.27. The topological polar surface area (TPSA) is 55.0 Å². The van der Waals surface area contributed by atoms with E-state index >= 15 is 0 Å². The molecule has 140 valence electrons. The van der Waals surface area contributed by atoms with Gasteiger partial charge in [-0.05, 0) is 54.4 Å². The maximum atomic E-state index is 14.2. The van der Waals surface area contributed by atoms with Crippen molar-refractivity contribution in [3.63, 3.8) is 0 Å². The van der Waals surface area contributed by atoms with Crippen molar-refractivity contribution in [3.8, 4) is 22.4 Å². The molecule has 0 aliphatic rings. The zero-order valence-corrected chi connectivity index (χ0v) is 16.0. The summed E-state index contributed by atoms with van der Waals surface area (Å²) in [5.74, 6) is -0.847. The van der Waals surface area contributed by atoms with Crippen LogP contribution < -0.4 is 0 Å². The van der Waals surface area contributed by atoms with Gasteiger partial charge in [0.05, 0.1) is 23.4 Å². The highest BCUT2D eigenvalue weighted by atomic mass is 35.5. The minimum Gasteiger partial charge on any atom is -0.464 e. The number of fused-ring (bicyclic) bond motifs is 1. The summed E-state index contributed by atoms with van der Waals surface area (Å²) in [6, 6.07) is 14.1. The van der Waals surface area contributed by atoms with Crippen molar-refractivity contribution in [3.05, 3.63) is 76.8 Å². The first-order chi connectivity index (χ1) is 13.5. The molecule has 28 heavy (non-hydrogen) atoms. The highest BCUT2D eigenvalue weighted by molar-refractivity contribution is 6.33. The Balaban J connectivity index is 1.78. The van der Waals surface area contributed by atoms with Gasteiger partial charge in [-0.2, -0.15) is 0 Å². The number of hydrogen-bond donors (Lipinski definition) is 1. The van der Waals surface area contributed by atoms with Crippen molar-refractivity contribution in [2.45, 2.75) is 6.92 Å². The third-order valence-electron chi connectivity index (χ3n) is 4.67. The van der Waals surface area contributed by atoms with Crippen LogP contribution in [0, 0.1) is 12.7 Å². The molecule has 6 heteroatoms. The molecule has 1 N–H and O–H groups in total. The zero-order chi connectivity index (χ0) is 19.8. The number of H-pyrrole nitrogens is 1. The summed E-state index contributed by atoms with van der Waals surface area (Å²) >= 11 is 6.19. The van der Waals surface area contributed by atoms with Crippen LogP contribution in [0.4, 0.5) is 4.39 Å². The number of aromatic amines is 1. The standard InChI is InChI=1S/C22H16ClFN2O2/c1-12-8-20(22(27)28-2)25-11-15(12)13-6-7-18-14(9-13)10-19(26-18)21-16(23)4-3-5-17(21)24/h3-11,26H,1-2H3. The second-order valence-corrected chi connectivity index (χ2v) is 6.86. The van der Waals surface area contributed by atoms with Crippen LogP contribution in [0.25, 0.3) is 33.3 Å². The molecule has 2 heterocycles. The molecule has 0 saturated heterocycles. The van der Waals surface area contributed by atoms with Crippen molar-refractivity contribution in [1.82, 2.24) is 9.97 Å². The molecule has 0 saturated carbocycles. The van der Waals surface area contributed by atoms with E-state index in [9.17, 15) is 9.18 Å². The minimum absolute atomic E-state index is 0.267. The molecule has 0 bridgehead atoms. The number of benzene rings is 2. The minimum atomic E-state index is -0.470. The summed E-state index contributed by atoms with van der Waals surface area (Å²) < 4.78 is 19.0. The summed E-state index contributed by atoms with van der Waals surface area (Å²) in [7, 11) is 1.33. The molecule has 0 radical (unpaired) electrons. The lowest BCUT2D eigenvalue weighted by Crippen LogP contribution is -2.04. The summed E-state index contributed by atoms with van der Waals surface area (Å²) in [6.07, 6.45) is 1.66. The number of pyridine rings is 1. The Morgan fingerprint density at radius 2 is 2.00 bits per heavy atom.